The molecule has 0 spiro atoms. The number of benzene rings is 1. The predicted octanol–water partition coefficient (Wildman–Crippen LogP) is 3.03. The number of fused-ring (bicyclic) bond motifs is 1. The van der Waals surface area contributed by atoms with Gasteiger partial charge in [-0.15, -0.1) is 0 Å². The number of nitrogen functional groups attached to an aromatic ring is 1. The van der Waals surface area contributed by atoms with Crippen LogP contribution in [0.5, 0.6) is 0 Å². The van der Waals surface area contributed by atoms with Crippen molar-refractivity contribution in [2.24, 2.45) is 7.05 Å². The Morgan fingerprint density at radius 2 is 2.06 bits per heavy atom. The summed E-state index contributed by atoms with van der Waals surface area (Å²) < 4.78 is 7.35. The third-order valence-corrected chi connectivity index (χ3v) is 3.47. The van der Waals surface area contributed by atoms with Crippen LogP contribution in [0.1, 0.15) is 11.3 Å². The number of anilines is 1. The lowest BCUT2D eigenvalue weighted by molar-refractivity contribution is 0.575. The van der Waals surface area contributed by atoms with Crippen molar-refractivity contribution in [2.45, 2.75) is 13.8 Å². The number of rotatable bonds is 1. The quantitative estimate of drug-likeness (QED) is 0.712. The molecule has 4 heteroatoms. The van der Waals surface area contributed by atoms with Crippen molar-refractivity contribution >= 4 is 16.8 Å². The minimum Gasteiger partial charge on any atom is -0.461 e. The lowest BCUT2D eigenvalue weighted by Gasteiger charge is -2.01. The van der Waals surface area contributed by atoms with Crippen LogP contribution in [0.25, 0.3) is 22.1 Å². The molecule has 0 unspecified atom stereocenters. The van der Waals surface area contributed by atoms with E-state index in [1.54, 1.807) is 10.9 Å². The molecule has 0 atom stereocenters. The summed E-state index contributed by atoms with van der Waals surface area (Å²) in [7, 11) is 1.84. The Morgan fingerprint density at radius 1 is 1.28 bits per heavy atom. The van der Waals surface area contributed by atoms with Crippen LogP contribution in [0.15, 0.2) is 28.8 Å². The largest absolute Gasteiger partial charge is 0.461 e. The van der Waals surface area contributed by atoms with Crippen molar-refractivity contribution in [1.82, 2.24) is 9.78 Å². The second-order valence-electron chi connectivity index (χ2n) is 4.56. The van der Waals surface area contributed by atoms with Gasteiger partial charge < -0.3 is 10.2 Å². The molecule has 0 saturated heterocycles. The van der Waals surface area contributed by atoms with E-state index >= 15 is 0 Å². The van der Waals surface area contributed by atoms with Crippen molar-refractivity contribution in [3.8, 4) is 11.1 Å². The molecule has 0 aliphatic carbocycles. The van der Waals surface area contributed by atoms with Crippen LogP contribution in [-0.4, -0.2) is 9.78 Å². The topological polar surface area (TPSA) is 57.0 Å². The third kappa shape index (κ3) is 1.42. The van der Waals surface area contributed by atoms with Gasteiger partial charge in [-0.25, -0.2) is 0 Å². The number of nitrogens with two attached hydrogens (primary N) is 1. The lowest BCUT2D eigenvalue weighted by Crippen LogP contribution is -1.97. The van der Waals surface area contributed by atoms with Gasteiger partial charge in [0.25, 0.3) is 0 Å². The molecule has 2 aromatic heterocycles. The normalized spacial score (nSPS) is 11.3. The summed E-state index contributed by atoms with van der Waals surface area (Å²) in [6.07, 6.45) is 1.79. The van der Waals surface area contributed by atoms with Crippen molar-refractivity contribution in [3.63, 3.8) is 0 Å². The molecule has 4 nitrogen and oxygen atoms in total. The maximum absolute atomic E-state index is 6.00. The van der Waals surface area contributed by atoms with Gasteiger partial charge in [0.1, 0.15) is 17.2 Å². The van der Waals surface area contributed by atoms with E-state index in [0.717, 1.165) is 27.9 Å². The average Bonchev–Trinajstić information content (AvgIpc) is 2.83. The maximum Gasteiger partial charge on any atom is 0.134 e. The SMILES string of the molecule is Cc1oc2ccc(-c3cnn(C)c3N)cc2c1C. The molecule has 0 radical (unpaired) electrons. The second kappa shape index (κ2) is 3.63. The minimum atomic E-state index is 0.673. The highest BCUT2D eigenvalue weighted by Crippen LogP contribution is 2.31. The molecule has 0 aliphatic heterocycles. The Bertz CT molecular complexity index is 737. The molecule has 2 heterocycles. The van der Waals surface area contributed by atoms with Gasteiger partial charge in [0.05, 0.1) is 6.20 Å². The highest BCUT2D eigenvalue weighted by atomic mass is 16.3. The molecule has 0 bridgehead atoms. The molecule has 0 saturated carbocycles. The highest BCUT2D eigenvalue weighted by molar-refractivity contribution is 5.88. The molecule has 92 valence electrons. The third-order valence-electron chi connectivity index (χ3n) is 3.47. The number of furan rings is 1. The molecule has 18 heavy (non-hydrogen) atoms. The van der Waals surface area contributed by atoms with Gasteiger partial charge in [-0.05, 0) is 37.1 Å². The number of aryl methyl sites for hydroxylation is 3. The summed E-state index contributed by atoms with van der Waals surface area (Å²) in [5.74, 6) is 1.63. The fraction of sp³-hybridized carbons (Fsp3) is 0.214. The van der Waals surface area contributed by atoms with E-state index in [4.69, 9.17) is 10.2 Å². The Labute approximate surface area is 105 Å². The Balaban J connectivity index is 2.25. The van der Waals surface area contributed by atoms with E-state index in [1.165, 1.54) is 5.56 Å². The Morgan fingerprint density at radius 3 is 2.72 bits per heavy atom. The summed E-state index contributed by atoms with van der Waals surface area (Å²) in [6.45, 7) is 4.05. The van der Waals surface area contributed by atoms with E-state index in [1.807, 2.05) is 26.1 Å². The Hall–Kier alpha value is -2.23. The van der Waals surface area contributed by atoms with E-state index in [0.29, 0.717) is 5.82 Å². The molecule has 1 aromatic carbocycles. The number of aromatic nitrogens is 2. The van der Waals surface area contributed by atoms with E-state index in [-0.39, 0.29) is 0 Å². The highest BCUT2D eigenvalue weighted by Gasteiger charge is 2.11. The first-order valence-corrected chi connectivity index (χ1v) is 5.85. The molecule has 0 fully saturated rings. The maximum atomic E-state index is 6.00. The smallest absolute Gasteiger partial charge is 0.134 e. The van der Waals surface area contributed by atoms with Crippen molar-refractivity contribution in [2.75, 3.05) is 5.73 Å². The van der Waals surface area contributed by atoms with Crippen LogP contribution in [0.3, 0.4) is 0 Å². The molecule has 2 N–H and O–H groups in total. The van der Waals surface area contributed by atoms with Crippen LogP contribution < -0.4 is 5.73 Å². The average molecular weight is 241 g/mol. The molecule has 3 aromatic rings. The number of nitrogens with zero attached hydrogens (tertiary/aromatic N) is 2. The summed E-state index contributed by atoms with van der Waals surface area (Å²) in [5, 5.41) is 5.30. The summed E-state index contributed by atoms with van der Waals surface area (Å²) >= 11 is 0. The van der Waals surface area contributed by atoms with Crippen LogP contribution in [0, 0.1) is 13.8 Å². The minimum absolute atomic E-state index is 0.673. The standard InChI is InChI=1S/C14H15N3O/c1-8-9(2)18-13-5-4-10(6-11(8)13)12-7-16-17(3)14(12)15/h4-7H,15H2,1-3H3. The van der Waals surface area contributed by atoms with Gasteiger partial charge in [-0.1, -0.05) is 6.07 Å². The van der Waals surface area contributed by atoms with Gasteiger partial charge in [0, 0.05) is 18.0 Å². The fourth-order valence-corrected chi connectivity index (χ4v) is 2.18. The second-order valence-corrected chi connectivity index (χ2v) is 4.56. The van der Waals surface area contributed by atoms with Crippen LogP contribution in [0.4, 0.5) is 5.82 Å². The Kier molecular flexibility index (Phi) is 2.20. The summed E-state index contributed by atoms with van der Waals surface area (Å²) in [4.78, 5) is 0. The molecular formula is C14H15N3O. The first-order valence-electron chi connectivity index (χ1n) is 5.85. The van der Waals surface area contributed by atoms with Crippen molar-refractivity contribution in [3.05, 3.63) is 35.7 Å². The monoisotopic (exact) mass is 241 g/mol. The van der Waals surface area contributed by atoms with E-state index < -0.39 is 0 Å². The van der Waals surface area contributed by atoms with Gasteiger partial charge in [0.15, 0.2) is 0 Å². The van der Waals surface area contributed by atoms with E-state index in [2.05, 4.69) is 18.1 Å². The molecule has 0 amide bonds. The zero-order valence-corrected chi connectivity index (χ0v) is 10.7. The molecule has 3 rings (SSSR count). The summed E-state index contributed by atoms with van der Waals surface area (Å²) in [5.41, 5.74) is 10.1. The summed E-state index contributed by atoms with van der Waals surface area (Å²) in [6, 6.07) is 6.10. The number of hydrogen-bond donors (Lipinski definition) is 1. The van der Waals surface area contributed by atoms with Crippen LogP contribution in [-0.2, 0) is 7.05 Å². The first-order chi connectivity index (χ1) is 8.58. The zero-order valence-electron chi connectivity index (χ0n) is 10.7. The molecule has 0 aliphatic rings. The van der Waals surface area contributed by atoms with Gasteiger partial charge in [-0.3, -0.25) is 4.68 Å². The van der Waals surface area contributed by atoms with Crippen LogP contribution >= 0.6 is 0 Å². The zero-order chi connectivity index (χ0) is 12.9. The van der Waals surface area contributed by atoms with Gasteiger partial charge in [0.2, 0.25) is 0 Å². The van der Waals surface area contributed by atoms with Crippen molar-refractivity contribution < 1.29 is 4.42 Å². The lowest BCUT2D eigenvalue weighted by atomic mass is 10.0. The van der Waals surface area contributed by atoms with Crippen molar-refractivity contribution in [1.29, 1.82) is 0 Å². The van der Waals surface area contributed by atoms with Gasteiger partial charge in [-0.2, -0.15) is 5.10 Å². The number of hydrogen-bond acceptors (Lipinski definition) is 3. The fourth-order valence-electron chi connectivity index (χ4n) is 2.18. The van der Waals surface area contributed by atoms with Crippen LogP contribution in [0.2, 0.25) is 0 Å². The van der Waals surface area contributed by atoms with E-state index in [9.17, 15) is 0 Å². The van der Waals surface area contributed by atoms with Gasteiger partial charge >= 0.3 is 0 Å². The first kappa shape index (κ1) is 10.9. The predicted molar refractivity (Wildman–Crippen MR) is 72.3 cm³/mol. The molecular weight excluding hydrogens is 226 g/mol.